The van der Waals surface area contributed by atoms with Crippen molar-refractivity contribution in [3.8, 4) is 0 Å². The molecule has 2 aromatic rings. The van der Waals surface area contributed by atoms with Crippen molar-refractivity contribution in [3.63, 3.8) is 0 Å². The Morgan fingerprint density at radius 1 is 1.60 bits per heavy atom. The van der Waals surface area contributed by atoms with Crippen molar-refractivity contribution >= 4 is 11.3 Å². The highest BCUT2D eigenvalue weighted by Gasteiger charge is 2.11. The van der Waals surface area contributed by atoms with Crippen molar-refractivity contribution in [1.29, 1.82) is 0 Å². The molecule has 0 fully saturated rings. The van der Waals surface area contributed by atoms with E-state index in [2.05, 4.69) is 22.6 Å². The number of nitrogens with zero attached hydrogens (tertiary/aromatic N) is 1. The molecule has 0 aromatic carbocycles. The molecule has 0 radical (unpaired) electrons. The monoisotopic (exact) mass is 222 g/mol. The van der Waals surface area contributed by atoms with E-state index < -0.39 is 0 Å². The molecule has 80 valence electrons. The largest absolute Gasteiger partial charge is 0.468 e. The minimum Gasteiger partial charge on any atom is -0.468 e. The molecule has 2 rings (SSSR count). The van der Waals surface area contributed by atoms with Gasteiger partial charge < -0.3 is 9.73 Å². The molecule has 2 heterocycles. The summed E-state index contributed by atoms with van der Waals surface area (Å²) in [5.41, 5.74) is 2.94. The minimum absolute atomic E-state index is 0.279. The number of hydrogen-bond donors (Lipinski definition) is 1. The predicted octanol–water partition coefficient (Wildman–Crippen LogP) is 2.98. The van der Waals surface area contributed by atoms with Gasteiger partial charge in [0, 0.05) is 11.9 Å². The Kier molecular flexibility index (Phi) is 3.53. The second-order valence-electron chi connectivity index (χ2n) is 3.34. The maximum Gasteiger partial charge on any atom is 0.120 e. The summed E-state index contributed by atoms with van der Waals surface area (Å²) in [7, 11) is 0. The van der Waals surface area contributed by atoms with Crippen molar-refractivity contribution in [2.24, 2.45) is 0 Å². The van der Waals surface area contributed by atoms with Crippen molar-refractivity contribution in [2.45, 2.75) is 25.9 Å². The van der Waals surface area contributed by atoms with Crippen LogP contribution in [0, 0.1) is 0 Å². The van der Waals surface area contributed by atoms with E-state index in [4.69, 9.17) is 4.42 Å². The third-order valence-corrected chi connectivity index (χ3v) is 2.94. The summed E-state index contributed by atoms with van der Waals surface area (Å²) >= 11 is 1.62. The van der Waals surface area contributed by atoms with Gasteiger partial charge in [-0.15, -0.1) is 11.3 Å². The predicted molar refractivity (Wildman–Crippen MR) is 60.7 cm³/mol. The highest BCUT2D eigenvalue weighted by atomic mass is 32.1. The lowest BCUT2D eigenvalue weighted by Gasteiger charge is -2.13. The van der Waals surface area contributed by atoms with Crippen LogP contribution in [-0.2, 0) is 6.54 Å². The Labute approximate surface area is 93.2 Å². The Hall–Kier alpha value is -1.13. The van der Waals surface area contributed by atoms with Gasteiger partial charge in [-0.05, 0) is 18.6 Å². The highest BCUT2D eigenvalue weighted by Crippen LogP contribution is 2.17. The van der Waals surface area contributed by atoms with Gasteiger partial charge in [-0.25, -0.2) is 4.98 Å². The Morgan fingerprint density at radius 2 is 2.53 bits per heavy atom. The zero-order valence-electron chi connectivity index (χ0n) is 8.64. The summed E-state index contributed by atoms with van der Waals surface area (Å²) < 4.78 is 5.38. The van der Waals surface area contributed by atoms with Crippen molar-refractivity contribution in [2.75, 3.05) is 0 Å². The van der Waals surface area contributed by atoms with E-state index in [1.807, 2.05) is 17.6 Å². The van der Waals surface area contributed by atoms with Gasteiger partial charge in [0.1, 0.15) is 5.76 Å². The fourth-order valence-electron chi connectivity index (χ4n) is 1.49. The number of hydrogen-bond acceptors (Lipinski definition) is 4. The van der Waals surface area contributed by atoms with E-state index in [1.54, 1.807) is 17.6 Å². The lowest BCUT2D eigenvalue weighted by Crippen LogP contribution is -2.19. The number of nitrogens with one attached hydrogen (secondary N) is 1. The summed E-state index contributed by atoms with van der Waals surface area (Å²) in [5, 5.41) is 5.48. The molecule has 1 atom stereocenters. The van der Waals surface area contributed by atoms with Gasteiger partial charge in [0.25, 0.3) is 0 Å². The van der Waals surface area contributed by atoms with E-state index >= 15 is 0 Å². The average Bonchev–Trinajstić information content (AvgIpc) is 2.90. The fraction of sp³-hybridized carbons (Fsp3) is 0.364. The van der Waals surface area contributed by atoms with Crippen molar-refractivity contribution < 1.29 is 4.42 Å². The van der Waals surface area contributed by atoms with E-state index in [-0.39, 0.29) is 6.04 Å². The van der Waals surface area contributed by atoms with Crippen LogP contribution in [0.4, 0.5) is 0 Å². The van der Waals surface area contributed by atoms with Crippen LogP contribution in [-0.4, -0.2) is 4.98 Å². The summed E-state index contributed by atoms with van der Waals surface area (Å²) in [6.45, 7) is 2.93. The zero-order valence-corrected chi connectivity index (χ0v) is 9.46. The summed E-state index contributed by atoms with van der Waals surface area (Å²) in [6.07, 6.45) is 2.72. The zero-order chi connectivity index (χ0) is 10.5. The first-order chi connectivity index (χ1) is 7.40. The molecule has 0 aliphatic rings. The van der Waals surface area contributed by atoms with Gasteiger partial charge in [0.15, 0.2) is 0 Å². The SMILES string of the molecule is CCC(NCc1cscn1)c1ccco1. The van der Waals surface area contributed by atoms with Crippen LogP contribution < -0.4 is 5.32 Å². The molecule has 0 bridgehead atoms. The molecule has 0 amide bonds. The number of aromatic nitrogens is 1. The first-order valence-electron chi connectivity index (χ1n) is 5.04. The smallest absolute Gasteiger partial charge is 0.120 e. The molecule has 3 nitrogen and oxygen atoms in total. The quantitative estimate of drug-likeness (QED) is 0.845. The van der Waals surface area contributed by atoms with Gasteiger partial charge in [-0.3, -0.25) is 0 Å². The van der Waals surface area contributed by atoms with Gasteiger partial charge in [-0.1, -0.05) is 6.92 Å². The van der Waals surface area contributed by atoms with Crippen molar-refractivity contribution in [3.05, 3.63) is 40.7 Å². The van der Waals surface area contributed by atoms with Crippen LogP contribution in [0.3, 0.4) is 0 Å². The summed E-state index contributed by atoms with van der Waals surface area (Å²) in [4.78, 5) is 4.23. The summed E-state index contributed by atoms with van der Waals surface area (Å²) in [5.74, 6) is 0.993. The molecule has 0 aliphatic heterocycles. The third-order valence-electron chi connectivity index (χ3n) is 2.31. The maximum absolute atomic E-state index is 5.38. The molecule has 15 heavy (non-hydrogen) atoms. The second-order valence-corrected chi connectivity index (χ2v) is 4.06. The molecule has 0 saturated carbocycles. The van der Waals surface area contributed by atoms with E-state index in [0.29, 0.717) is 0 Å². The van der Waals surface area contributed by atoms with Gasteiger partial charge >= 0.3 is 0 Å². The van der Waals surface area contributed by atoms with Crippen LogP contribution in [0.2, 0.25) is 0 Å². The Bertz CT molecular complexity index is 369. The van der Waals surface area contributed by atoms with E-state index in [0.717, 1.165) is 24.4 Å². The molecular formula is C11H14N2OS. The first-order valence-corrected chi connectivity index (χ1v) is 5.98. The second kappa shape index (κ2) is 5.09. The highest BCUT2D eigenvalue weighted by molar-refractivity contribution is 7.07. The number of furan rings is 1. The van der Waals surface area contributed by atoms with Gasteiger partial charge in [0.2, 0.25) is 0 Å². The standard InChI is InChI=1S/C11H14N2OS/c1-2-10(11-4-3-5-14-11)12-6-9-7-15-8-13-9/h3-5,7-8,10,12H,2,6H2,1H3. The summed E-state index contributed by atoms with van der Waals surface area (Å²) in [6, 6.07) is 4.20. The van der Waals surface area contributed by atoms with Crippen LogP contribution in [0.1, 0.15) is 30.8 Å². The molecule has 4 heteroatoms. The number of rotatable bonds is 5. The molecule has 0 saturated heterocycles. The Morgan fingerprint density at radius 3 is 3.13 bits per heavy atom. The Balaban J connectivity index is 1.92. The normalized spacial score (nSPS) is 12.9. The topological polar surface area (TPSA) is 38.1 Å². The van der Waals surface area contributed by atoms with Crippen LogP contribution in [0.5, 0.6) is 0 Å². The molecule has 1 unspecified atom stereocenters. The lowest BCUT2D eigenvalue weighted by atomic mass is 10.1. The molecule has 0 aliphatic carbocycles. The number of thiazole rings is 1. The van der Waals surface area contributed by atoms with Crippen LogP contribution in [0.15, 0.2) is 33.7 Å². The maximum atomic E-state index is 5.38. The van der Waals surface area contributed by atoms with E-state index in [1.165, 1.54) is 0 Å². The molecular weight excluding hydrogens is 208 g/mol. The van der Waals surface area contributed by atoms with Gasteiger partial charge in [-0.2, -0.15) is 0 Å². The minimum atomic E-state index is 0.279. The first kappa shape index (κ1) is 10.4. The van der Waals surface area contributed by atoms with E-state index in [9.17, 15) is 0 Å². The molecule has 0 spiro atoms. The van der Waals surface area contributed by atoms with Crippen LogP contribution in [0.25, 0.3) is 0 Å². The van der Waals surface area contributed by atoms with Crippen LogP contribution >= 0.6 is 11.3 Å². The molecule has 1 N–H and O–H groups in total. The average molecular weight is 222 g/mol. The lowest BCUT2D eigenvalue weighted by molar-refractivity contribution is 0.402. The fourth-order valence-corrected chi connectivity index (χ4v) is 2.05. The third kappa shape index (κ3) is 2.67. The van der Waals surface area contributed by atoms with Crippen molar-refractivity contribution in [1.82, 2.24) is 10.3 Å². The van der Waals surface area contributed by atoms with Gasteiger partial charge in [0.05, 0.1) is 23.5 Å². The molecule has 2 aromatic heterocycles.